The quantitative estimate of drug-likeness (QED) is 0.609. The van der Waals surface area contributed by atoms with E-state index in [0.717, 1.165) is 16.7 Å². The van der Waals surface area contributed by atoms with E-state index in [2.05, 4.69) is 29.6 Å². The number of alkyl carbamates (subject to hydrolysis) is 1. The largest absolute Gasteiger partial charge is 0.449 e. The number of rotatable bonds is 6. The summed E-state index contributed by atoms with van der Waals surface area (Å²) in [5.74, 6) is -0.138. The maximum absolute atomic E-state index is 13.2. The van der Waals surface area contributed by atoms with E-state index in [4.69, 9.17) is 9.47 Å². The van der Waals surface area contributed by atoms with Crippen LogP contribution in [-0.2, 0) is 20.7 Å². The zero-order valence-electron chi connectivity index (χ0n) is 19.0. The first kappa shape index (κ1) is 22.2. The summed E-state index contributed by atoms with van der Waals surface area (Å²) in [5, 5.41) is 2.84. The third-order valence-corrected chi connectivity index (χ3v) is 6.54. The second-order valence-electron chi connectivity index (χ2n) is 8.65. The molecule has 1 fully saturated rings. The van der Waals surface area contributed by atoms with Gasteiger partial charge in [0.25, 0.3) is 0 Å². The smallest absolute Gasteiger partial charge is 0.407 e. The van der Waals surface area contributed by atoms with Crippen molar-refractivity contribution in [1.82, 2.24) is 10.2 Å². The highest BCUT2D eigenvalue weighted by atomic mass is 16.5. The molecule has 6 nitrogen and oxygen atoms in total. The lowest BCUT2D eigenvalue weighted by Gasteiger charge is -2.30. The van der Waals surface area contributed by atoms with Crippen molar-refractivity contribution < 1.29 is 19.1 Å². The van der Waals surface area contributed by atoms with Gasteiger partial charge >= 0.3 is 6.09 Å². The normalized spacial score (nSPS) is 15.8. The number of hydrogen-bond acceptors (Lipinski definition) is 4. The van der Waals surface area contributed by atoms with Gasteiger partial charge in [-0.25, -0.2) is 4.79 Å². The Bertz CT molecular complexity index is 1110. The predicted molar refractivity (Wildman–Crippen MR) is 130 cm³/mol. The van der Waals surface area contributed by atoms with Gasteiger partial charge in [-0.1, -0.05) is 78.9 Å². The summed E-state index contributed by atoms with van der Waals surface area (Å²) in [6.07, 6.45) is -0.175. The molecule has 3 aromatic rings. The first-order valence-electron chi connectivity index (χ1n) is 11.7. The van der Waals surface area contributed by atoms with Crippen molar-refractivity contribution in [2.24, 2.45) is 0 Å². The molecule has 5 rings (SSSR count). The van der Waals surface area contributed by atoms with Crippen molar-refractivity contribution in [3.05, 3.63) is 95.6 Å². The fraction of sp³-hybridized carbons (Fsp3) is 0.286. The molecule has 3 aromatic carbocycles. The molecule has 1 saturated heterocycles. The Morgan fingerprint density at radius 3 is 2.12 bits per heavy atom. The lowest BCUT2D eigenvalue weighted by Crippen LogP contribution is -2.52. The molecule has 6 heteroatoms. The van der Waals surface area contributed by atoms with Crippen molar-refractivity contribution in [2.75, 3.05) is 32.9 Å². The molecule has 1 aliphatic carbocycles. The third-order valence-electron chi connectivity index (χ3n) is 6.54. The number of carbonyl (C=O) groups excluding carboxylic acids is 2. The van der Waals surface area contributed by atoms with Crippen molar-refractivity contribution >= 4 is 12.0 Å². The number of amides is 2. The van der Waals surface area contributed by atoms with Crippen LogP contribution < -0.4 is 5.32 Å². The second-order valence-corrected chi connectivity index (χ2v) is 8.65. The van der Waals surface area contributed by atoms with Crippen LogP contribution in [0.5, 0.6) is 0 Å². The summed E-state index contributed by atoms with van der Waals surface area (Å²) in [5.41, 5.74) is 5.64. The van der Waals surface area contributed by atoms with E-state index in [-0.39, 0.29) is 18.4 Å². The molecule has 0 bridgehead atoms. The predicted octanol–water partition coefficient (Wildman–Crippen LogP) is 4.00. The Hall–Kier alpha value is -3.64. The van der Waals surface area contributed by atoms with Crippen molar-refractivity contribution in [1.29, 1.82) is 0 Å². The fourth-order valence-corrected chi connectivity index (χ4v) is 4.84. The second kappa shape index (κ2) is 10.1. The Morgan fingerprint density at radius 2 is 1.47 bits per heavy atom. The molecule has 1 atom stereocenters. The molecule has 2 aliphatic rings. The van der Waals surface area contributed by atoms with Gasteiger partial charge in [-0.15, -0.1) is 0 Å². The topological polar surface area (TPSA) is 67.9 Å². The highest BCUT2D eigenvalue weighted by molar-refractivity contribution is 5.86. The van der Waals surface area contributed by atoms with Gasteiger partial charge in [0.05, 0.1) is 13.2 Å². The van der Waals surface area contributed by atoms with E-state index >= 15 is 0 Å². The molecule has 0 unspecified atom stereocenters. The fourth-order valence-electron chi connectivity index (χ4n) is 4.84. The lowest BCUT2D eigenvalue weighted by molar-refractivity contribution is -0.137. The Morgan fingerprint density at radius 1 is 0.882 bits per heavy atom. The maximum Gasteiger partial charge on any atom is 0.407 e. The number of ether oxygens (including phenoxy) is 2. The number of fused-ring (bicyclic) bond motifs is 3. The van der Waals surface area contributed by atoms with Gasteiger partial charge in [0, 0.05) is 25.4 Å². The van der Waals surface area contributed by atoms with Crippen LogP contribution in [0.25, 0.3) is 11.1 Å². The minimum Gasteiger partial charge on any atom is -0.449 e. The molecule has 34 heavy (non-hydrogen) atoms. The van der Waals surface area contributed by atoms with Gasteiger partial charge in [-0.3, -0.25) is 4.79 Å². The highest BCUT2D eigenvalue weighted by Crippen LogP contribution is 2.44. The molecule has 0 spiro atoms. The third kappa shape index (κ3) is 4.68. The Labute approximate surface area is 199 Å². The molecule has 0 saturated carbocycles. The first-order chi connectivity index (χ1) is 16.7. The number of hydrogen-bond donors (Lipinski definition) is 1. The molecule has 1 aliphatic heterocycles. The minimum absolute atomic E-state index is 0.0272. The van der Waals surface area contributed by atoms with Gasteiger partial charge in [0.1, 0.15) is 12.6 Å². The summed E-state index contributed by atoms with van der Waals surface area (Å²) < 4.78 is 11.1. The van der Waals surface area contributed by atoms with E-state index in [0.29, 0.717) is 32.7 Å². The number of nitrogens with one attached hydrogen (secondary N) is 1. The van der Waals surface area contributed by atoms with Crippen molar-refractivity contribution in [2.45, 2.75) is 18.4 Å². The molecular weight excluding hydrogens is 428 g/mol. The van der Waals surface area contributed by atoms with Crippen LogP contribution in [0.1, 0.15) is 22.6 Å². The molecule has 2 amide bonds. The van der Waals surface area contributed by atoms with Gasteiger partial charge in [-0.2, -0.15) is 0 Å². The molecule has 174 valence electrons. The van der Waals surface area contributed by atoms with Gasteiger partial charge in [0.15, 0.2) is 0 Å². The van der Waals surface area contributed by atoms with Crippen LogP contribution >= 0.6 is 0 Å². The van der Waals surface area contributed by atoms with E-state index in [1.54, 1.807) is 4.90 Å². The van der Waals surface area contributed by atoms with Gasteiger partial charge < -0.3 is 19.7 Å². The summed E-state index contributed by atoms with van der Waals surface area (Å²) in [4.78, 5) is 27.9. The summed E-state index contributed by atoms with van der Waals surface area (Å²) >= 11 is 0. The van der Waals surface area contributed by atoms with E-state index in [1.165, 1.54) is 11.1 Å². The highest BCUT2D eigenvalue weighted by Gasteiger charge is 2.31. The van der Waals surface area contributed by atoms with Crippen LogP contribution in [0, 0.1) is 0 Å². The van der Waals surface area contributed by atoms with Crippen molar-refractivity contribution in [3.8, 4) is 11.1 Å². The van der Waals surface area contributed by atoms with Crippen LogP contribution in [0.2, 0.25) is 0 Å². The zero-order valence-corrected chi connectivity index (χ0v) is 19.0. The van der Waals surface area contributed by atoms with Crippen molar-refractivity contribution in [3.63, 3.8) is 0 Å². The molecule has 1 heterocycles. The monoisotopic (exact) mass is 456 g/mol. The molecular formula is C28H28N2O4. The van der Waals surface area contributed by atoms with E-state index < -0.39 is 12.1 Å². The minimum atomic E-state index is -0.698. The Balaban J connectivity index is 1.28. The summed E-state index contributed by atoms with van der Waals surface area (Å²) in [6.45, 7) is 2.28. The summed E-state index contributed by atoms with van der Waals surface area (Å²) in [7, 11) is 0. The van der Waals surface area contributed by atoms with Gasteiger partial charge in [0.2, 0.25) is 5.91 Å². The number of morpholine rings is 1. The summed E-state index contributed by atoms with van der Waals surface area (Å²) in [6, 6.07) is 25.4. The van der Waals surface area contributed by atoms with Crippen LogP contribution in [0.15, 0.2) is 78.9 Å². The first-order valence-corrected chi connectivity index (χ1v) is 11.7. The lowest BCUT2D eigenvalue weighted by atomic mass is 9.98. The zero-order chi connectivity index (χ0) is 23.3. The van der Waals surface area contributed by atoms with Crippen LogP contribution in [-0.4, -0.2) is 55.9 Å². The number of benzene rings is 3. The maximum atomic E-state index is 13.2. The standard InChI is InChI=1S/C28H28N2O4/c31-27(30-14-16-33-17-15-30)26(18-20-8-2-1-3-9-20)29-28(32)34-19-25-23-12-6-4-10-21(23)22-11-5-7-13-24(22)25/h1-13,25-26H,14-19H2,(H,29,32)/t26-/m0/s1. The number of carbonyl (C=O) groups is 2. The average Bonchev–Trinajstić information content (AvgIpc) is 3.21. The van der Waals surface area contributed by atoms with Crippen LogP contribution in [0.3, 0.4) is 0 Å². The average molecular weight is 457 g/mol. The van der Waals surface area contributed by atoms with E-state index in [9.17, 15) is 9.59 Å². The SMILES string of the molecule is O=C(N[C@@H](Cc1ccccc1)C(=O)N1CCOCC1)OCC1c2ccccc2-c2ccccc21. The molecule has 0 radical (unpaired) electrons. The molecule has 1 N–H and O–H groups in total. The van der Waals surface area contributed by atoms with Crippen LogP contribution in [0.4, 0.5) is 4.79 Å². The van der Waals surface area contributed by atoms with Gasteiger partial charge in [-0.05, 0) is 27.8 Å². The molecule has 0 aromatic heterocycles. The van der Waals surface area contributed by atoms with E-state index in [1.807, 2.05) is 54.6 Å². The Kier molecular flexibility index (Phi) is 6.58. The number of nitrogens with zero attached hydrogens (tertiary/aromatic N) is 1.